The molecule has 4 rings (SSSR count). The van der Waals surface area contributed by atoms with Crippen LogP contribution in [0.15, 0.2) is 77.7 Å². The SMILES string of the molecule is CN1CCN(C(=O)c2cccc(S(=O)(=O)Nc3cccc(C(F)(F)F)c3)c2)c2ccccc21. The van der Waals surface area contributed by atoms with E-state index in [0.29, 0.717) is 24.8 Å². The van der Waals surface area contributed by atoms with Crippen LogP contribution in [-0.4, -0.2) is 34.5 Å². The van der Waals surface area contributed by atoms with Crippen LogP contribution >= 0.6 is 0 Å². The minimum atomic E-state index is -4.60. The summed E-state index contributed by atoms with van der Waals surface area (Å²) in [6, 6.07) is 16.8. The lowest BCUT2D eigenvalue weighted by Crippen LogP contribution is -2.42. The van der Waals surface area contributed by atoms with E-state index in [0.717, 1.165) is 17.8 Å². The number of likely N-dealkylation sites (N-methyl/N-ethyl adjacent to an activating group) is 1. The number of amides is 1. The topological polar surface area (TPSA) is 69.7 Å². The third-order valence-corrected chi connectivity index (χ3v) is 6.70. The zero-order valence-corrected chi connectivity index (χ0v) is 18.3. The third-order valence-electron chi connectivity index (χ3n) is 5.32. The Balaban J connectivity index is 1.62. The minimum absolute atomic E-state index is 0.154. The summed E-state index contributed by atoms with van der Waals surface area (Å²) in [7, 11) is -2.30. The zero-order valence-electron chi connectivity index (χ0n) is 17.5. The van der Waals surface area contributed by atoms with Crippen LogP contribution in [0.25, 0.3) is 0 Å². The number of alkyl halides is 3. The van der Waals surface area contributed by atoms with Crippen molar-refractivity contribution < 1.29 is 26.4 Å². The Morgan fingerprint density at radius 3 is 2.33 bits per heavy atom. The lowest BCUT2D eigenvalue weighted by atomic mass is 10.1. The molecule has 1 N–H and O–H groups in total. The van der Waals surface area contributed by atoms with Crippen LogP contribution in [-0.2, 0) is 16.2 Å². The number of carbonyl (C=O) groups excluding carboxylic acids is 1. The largest absolute Gasteiger partial charge is 0.416 e. The van der Waals surface area contributed by atoms with Gasteiger partial charge in [0, 0.05) is 31.4 Å². The van der Waals surface area contributed by atoms with E-state index in [1.54, 1.807) is 4.90 Å². The Hall–Kier alpha value is -3.53. The molecule has 0 saturated carbocycles. The molecule has 0 unspecified atom stereocenters. The van der Waals surface area contributed by atoms with Crippen LogP contribution in [0.5, 0.6) is 0 Å². The van der Waals surface area contributed by atoms with Crippen molar-refractivity contribution in [3.8, 4) is 0 Å². The first-order valence-corrected chi connectivity index (χ1v) is 11.5. The maximum atomic E-state index is 13.2. The van der Waals surface area contributed by atoms with E-state index < -0.39 is 21.8 Å². The molecule has 0 aromatic heterocycles. The summed E-state index contributed by atoms with van der Waals surface area (Å²) < 4.78 is 66.7. The van der Waals surface area contributed by atoms with Gasteiger partial charge in [0.15, 0.2) is 0 Å². The monoisotopic (exact) mass is 475 g/mol. The molecule has 6 nitrogen and oxygen atoms in total. The summed E-state index contributed by atoms with van der Waals surface area (Å²) in [6.45, 7) is 1.03. The number of sulfonamides is 1. The number of halogens is 3. The molecule has 1 aliphatic rings. The molecule has 3 aromatic carbocycles. The molecular formula is C23H20F3N3O3S. The van der Waals surface area contributed by atoms with E-state index in [1.165, 1.54) is 30.3 Å². The lowest BCUT2D eigenvalue weighted by molar-refractivity contribution is -0.137. The zero-order chi connectivity index (χ0) is 23.8. The molecule has 33 heavy (non-hydrogen) atoms. The first-order valence-electron chi connectivity index (χ1n) is 9.98. The van der Waals surface area contributed by atoms with Gasteiger partial charge in [-0.05, 0) is 48.5 Å². The van der Waals surface area contributed by atoms with Crippen molar-refractivity contribution in [2.75, 3.05) is 34.7 Å². The van der Waals surface area contributed by atoms with Crippen molar-refractivity contribution in [3.05, 3.63) is 83.9 Å². The minimum Gasteiger partial charge on any atom is -0.371 e. The predicted molar refractivity (Wildman–Crippen MR) is 120 cm³/mol. The highest BCUT2D eigenvalue weighted by atomic mass is 32.2. The Bertz CT molecular complexity index is 1310. The van der Waals surface area contributed by atoms with Gasteiger partial charge >= 0.3 is 6.18 Å². The average Bonchev–Trinajstić information content (AvgIpc) is 2.78. The first kappa shape index (κ1) is 22.7. The number of carbonyl (C=O) groups is 1. The Morgan fingerprint density at radius 1 is 0.909 bits per heavy atom. The van der Waals surface area contributed by atoms with Crippen LogP contribution < -0.4 is 14.5 Å². The maximum Gasteiger partial charge on any atom is 0.416 e. The van der Waals surface area contributed by atoms with Crippen LogP contribution in [0.1, 0.15) is 15.9 Å². The number of benzene rings is 3. The molecule has 10 heteroatoms. The fourth-order valence-electron chi connectivity index (χ4n) is 3.64. The summed E-state index contributed by atoms with van der Waals surface area (Å²) >= 11 is 0. The first-order chi connectivity index (χ1) is 15.6. The van der Waals surface area contributed by atoms with Crippen LogP contribution in [0.4, 0.5) is 30.2 Å². The third kappa shape index (κ3) is 4.65. The lowest BCUT2D eigenvalue weighted by Gasteiger charge is -2.35. The molecule has 0 saturated heterocycles. The molecular weight excluding hydrogens is 455 g/mol. The van der Waals surface area contributed by atoms with E-state index in [9.17, 15) is 26.4 Å². The molecule has 0 bridgehead atoms. The smallest absolute Gasteiger partial charge is 0.371 e. The van der Waals surface area contributed by atoms with Gasteiger partial charge in [0.05, 0.1) is 21.8 Å². The van der Waals surface area contributed by atoms with Crippen LogP contribution in [0.2, 0.25) is 0 Å². The number of rotatable bonds is 4. The number of para-hydroxylation sites is 2. The molecule has 0 spiro atoms. The van der Waals surface area contributed by atoms with Gasteiger partial charge in [0.2, 0.25) is 0 Å². The average molecular weight is 475 g/mol. The fraction of sp³-hybridized carbons (Fsp3) is 0.174. The van der Waals surface area contributed by atoms with E-state index in [1.807, 2.05) is 36.2 Å². The summed E-state index contributed by atoms with van der Waals surface area (Å²) in [6.07, 6.45) is -4.60. The second-order valence-electron chi connectivity index (χ2n) is 7.58. The van der Waals surface area contributed by atoms with Crippen LogP contribution in [0, 0.1) is 0 Å². The molecule has 1 heterocycles. The van der Waals surface area contributed by atoms with Gasteiger partial charge in [-0.3, -0.25) is 9.52 Å². The fourth-order valence-corrected chi connectivity index (χ4v) is 4.74. The van der Waals surface area contributed by atoms with Gasteiger partial charge in [0.1, 0.15) is 0 Å². The normalized spacial score (nSPS) is 14.1. The van der Waals surface area contributed by atoms with E-state index in [4.69, 9.17) is 0 Å². The van der Waals surface area contributed by atoms with Gasteiger partial charge < -0.3 is 9.80 Å². The summed E-state index contributed by atoms with van der Waals surface area (Å²) in [5, 5.41) is 0. The van der Waals surface area contributed by atoms with Crippen molar-refractivity contribution in [2.45, 2.75) is 11.1 Å². The van der Waals surface area contributed by atoms with Gasteiger partial charge in [-0.2, -0.15) is 13.2 Å². The Labute approximate surface area is 189 Å². The highest BCUT2D eigenvalue weighted by molar-refractivity contribution is 7.92. The van der Waals surface area contributed by atoms with Crippen LogP contribution in [0.3, 0.4) is 0 Å². The maximum absolute atomic E-state index is 13.2. The van der Waals surface area contributed by atoms with E-state index >= 15 is 0 Å². The standard InChI is InChI=1S/C23H20F3N3O3S/c1-28-12-13-29(21-11-3-2-10-20(21)28)22(30)16-6-4-9-19(14-16)33(31,32)27-18-8-5-7-17(15-18)23(24,25)26/h2-11,14-15,27H,12-13H2,1H3. The molecule has 0 fully saturated rings. The number of nitrogens with one attached hydrogen (secondary N) is 1. The molecule has 1 aliphatic heterocycles. The molecule has 0 atom stereocenters. The van der Waals surface area contributed by atoms with E-state index in [2.05, 4.69) is 4.72 Å². The van der Waals surface area contributed by atoms with Crippen molar-refractivity contribution in [2.24, 2.45) is 0 Å². The molecule has 0 radical (unpaired) electrons. The van der Waals surface area contributed by atoms with Gasteiger partial charge in [0.25, 0.3) is 15.9 Å². The van der Waals surface area contributed by atoms with E-state index in [-0.39, 0.29) is 22.1 Å². The molecule has 0 aliphatic carbocycles. The van der Waals surface area contributed by atoms with Crippen molar-refractivity contribution in [1.82, 2.24) is 0 Å². The number of anilines is 3. The van der Waals surface area contributed by atoms with Crippen molar-refractivity contribution >= 4 is 33.0 Å². The highest BCUT2D eigenvalue weighted by Gasteiger charge is 2.31. The number of hydrogen-bond donors (Lipinski definition) is 1. The van der Waals surface area contributed by atoms with Crippen molar-refractivity contribution in [3.63, 3.8) is 0 Å². The molecule has 1 amide bonds. The summed E-state index contributed by atoms with van der Waals surface area (Å²) in [4.78, 5) is 16.6. The quantitative estimate of drug-likeness (QED) is 0.599. The predicted octanol–water partition coefficient (Wildman–Crippen LogP) is 4.60. The highest BCUT2D eigenvalue weighted by Crippen LogP contribution is 2.33. The van der Waals surface area contributed by atoms with Crippen molar-refractivity contribution in [1.29, 1.82) is 0 Å². The number of hydrogen-bond acceptors (Lipinski definition) is 4. The summed E-state index contributed by atoms with van der Waals surface area (Å²) in [5.41, 5.74) is 0.551. The summed E-state index contributed by atoms with van der Waals surface area (Å²) in [5.74, 6) is -0.369. The van der Waals surface area contributed by atoms with Gasteiger partial charge in [-0.15, -0.1) is 0 Å². The number of fused-ring (bicyclic) bond motifs is 1. The molecule has 3 aromatic rings. The second kappa shape index (κ2) is 8.43. The van der Waals surface area contributed by atoms with Gasteiger partial charge in [-0.25, -0.2) is 8.42 Å². The molecule has 172 valence electrons. The number of nitrogens with zero attached hydrogens (tertiary/aromatic N) is 2. The Morgan fingerprint density at radius 2 is 1.61 bits per heavy atom. The van der Waals surface area contributed by atoms with Gasteiger partial charge in [-0.1, -0.05) is 24.3 Å². The Kier molecular flexibility index (Phi) is 5.79. The second-order valence-corrected chi connectivity index (χ2v) is 9.26.